The van der Waals surface area contributed by atoms with E-state index in [1.807, 2.05) is 0 Å². The molecule has 2 atom stereocenters. The van der Waals surface area contributed by atoms with Crippen LogP contribution in [0.3, 0.4) is 0 Å². The zero-order chi connectivity index (χ0) is 28.6. The van der Waals surface area contributed by atoms with Crippen molar-refractivity contribution in [1.29, 1.82) is 0 Å². The van der Waals surface area contributed by atoms with Crippen molar-refractivity contribution in [1.82, 2.24) is 14.5 Å². The number of nitrogens with one attached hydrogen (secondary N) is 1. The highest BCUT2D eigenvalue weighted by atomic mass is 32.2. The molecule has 2 aliphatic heterocycles. The number of rotatable bonds is 7. The van der Waals surface area contributed by atoms with Crippen LogP contribution in [0, 0.1) is 5.92 Å². The molecule has 3 fully saturated rings. The minimum absolute atomic E-state index is 0.0224. The molecule has 0 bridgehead atoms. The number of benzene rings is 1. The highest BCUT2D eigenvalue weighted by Gasteiger charge is 2.48. The van der Waals surface area contributed by atoms with E-state index in [0.717, 1.165) is 16.4 Å². The normalized spacial score (nSPS) is 26.8. The van der Waals surface area contributed by atoms with Crippen LogP contribution in [-0.4, -0.2) is 72.8 Å². The molecular formula is C24H29F6N3O5S. The molecule has 0 spiro atoms. The molecule has 4 rings (SSSR count). The van der Waals surface area contributed by atoms with Crippen molar-refractivity contribution in [3.05, 3.63) is 35.4 Å². The van der Waals surface area contributed by atoms with Gasteiger partial charge in [0, 0.05) is 26.2 Å². The lowest BCUT2D eigenvalue weighted by Gasteiger charge is -2.40. The summed E-state index contributed by atoms with van der Waals surface area (Å²) in [5, 5.41) is 1.65. The van der Waals surface area contributed by atoms with Gasteiger partial charge in [0.25, 0.3) is 0 Å². The first kappa shape index (κ1) is 29.6. The van der Waals surface area contributed by atoms with Crippen molar-refractivity contribution in [2.75, 3.05) is 19.6 Å². The Labute approximate surface area is 221 Å². The van der Waals surface area contributed by atoms with Gasteiger partial charge in [-0.2, -0.15) is 13.2 Å². The number of likely N-dealkylation sites (tertiary alicyclic amines) is 1. The smallest absolute Gasteiger partial charge is 0.350 e. The lowest BCUT2D eigenvalue weighted by Crippen LogP contribution is -2.54. The highest BCUT2D eigenvalue weighted by molar-refractivity contribution is 7.89. The number of carbonyl (C=O) groups excluding carboxylic acids is 2. The van der Waals surface area contributed by atoms with E-state index >= 15 is 0 Å². The van der Waals surface area contributed by atoms with Gasteiger partial charge >= 0.3 is 12.5 Å². The van der Waals surface area contributed by atoms with Crippen molar-refractivity contribution >= 4 is 21.8 Å². The van der Waals surface area contributed by atoms with Crippen LogP contribution in [0.5, 0.6) is 0 Å². The first-order valence-electron chi connectivity index (χ1n) is 12.6. The Balaban J connectivity index is 1.32. The summed E-state index contributed by atoms with van der Waals surface area (Å²) < 4.78 is 106. The lowest BCUT2D eigenvalue weighted by atomic mass is 9.95. The standard InChI is InChI=1S/C24H29F6N3O5S/c25-23(26,27)17-7-5-15(6-8-17)13-31-21(34)20-4-2-10-33(20)22(35)16-3-1-9-32(14-16)39(36,37)19-11-18(12-19)38-24(28,29)30/h5-8,16,18-20H,1-4,9-14H2,(H,31,34)/t16-,18?,19?,20+/m0/s1. The average molecular weight is 586 g/mol. The molecule has 8 nitrogen and oxygen atoms in total. The number of piperidine rings is 1. The summed E-state index contributed by atoms with van der Waals surface area (Å²) in [4.78, 5) is 27.6. The van der Waals surface area contributed by atoms with Gasteiger partial charge in [-0.3, -0.25) is 14.3 Å². The van der Waals surface area contributed by atoms with Crippen molar-refractivity contribution in [2.24, 2.45) is 5.92 Å². The lowest BCUT2D eigenvalue weighted by molar-refractivity contribution is -0.350. The number of ether oxygens (including phenoxy) is 1. The number of nitrogens with zero attached hydrogens (tertiary/aromatic N) is 2. The van der Waals surface area contributed by atoms with Gasteiger partial charge in [0.15, 0.2) is 0 Å². The SMILES string of the molecule is O=C(NCc1ccc(C(F)(F)F)cc1)[C@H]1CCCN1C(=O)[C@H]1CCCN(S(=O)(=O)C2CC(OC(F)(F)F)C2)C1. The molecular weight excluding hydrogens is 556 g/mol. The monoisotopic (exact) mass is 585 g/mol. The van der Waals surface area contributed by atoms with Crippen LogP contribution in [0.15, 0.2) is 24.3 Å². The predicted molar refractivity (Wildman–Crippen MR) is 125 cm³/mol. The summed E-state index contributed by atoms with van der Waals surface area (Å²) in [6.45, 7) is 0.328. The second-order valence-corrected chi connectivity index (χ2v) is 12.3. The first-order valence-corrected chi connectivity index (χ1v) is 14.1. The van der Waals surface area contributed by atoms with Gasteiger partial charge in [-0.25, -0.2) is 12.7 Å². The number of alkyl halides is 6. The molecule has 3 aliphatic rings. The summed E-state index contributed by atoms with van der Waals surface area (Å²) in [5.74, 6) is -1.51. The fourth-order valence-corrected chi connectivity index (χ4v) is 7.40. The second kappa shape index (κ2) is 11.2. The summed E-state index contributed by atoms with van der Waals surface area (Å²) in [7, 11) is -3.92. The molecule has 1 aromatic rings. The average Bonchev–Trinajstić information content (AvgIpc) is 3.33. The maximum atomic E-state index is 13.3. The Hall–Kier alpha value is -2.39. The number of carbonyl (C=O) groups is 2. The van der Waals surface area contributed by atoms with Crippen molar-refractivity contribution in [3.8, 4) is 0 Å². The van der Waals surface area contributed by atoms with Crippen molar-refractivity contribution in [2.45, 2.75) is 75.0 Å². The van der Waals surface area contributed by atoms with Gasteiger partial charge in [-0.15, -0.1) is 13.2 Å². The molecule has 2 saturated heterocycles. The van der Waals surface area contributed by atoms with E-state index in [0.29, 0.717) is 37.8 Å². The maximum Gasteiger partial charge on any atom is 0.522 e. The summed E-state index contributed by atoms with van der Waals surface area (Å²) in [6.07, 6.45) is -9.31. The van der Waals surface area contributed by atoms with E-state index in [4.69, 9.17) is 0 Å². The molecule has 1 aliphatic carbocycles. The molecule has 15 heteroatoms. The van der Waals surface area contributed by atoms with Crippen LogP contribution in [0.4, 0.5) is 26.3 Å². The molecule has 0 radical (unpaired) electrons. The van der Waals surface area contributed by atoms with Crippen molar-refractivity contribution in [3.63, 3.8) is 0 Å². The molecule has 1 aromatic carbocycles. The number of hydrogen-bond acceptors (Lipinski definition) is 5. The van der Waals surface area contributed by atoms with Crippen LogP contribution in [-0.2, 0) is 37.1 Å². The Bertz CT molecular complexity index is 1150. The van der Waals surface area contributed by atoms with E-state index < -0.39 is 57.3 Å². The largest absolute Gasteiger partial charge is 0.522 e. The van der Waals surface area contributed by atoms with Crippen LogP contribution in [0.1, 0.15) is 49.7 Å². The van der Waals surface area contributed by atoms with E-state index in [2.05, 4.69) is 10.1 Å². The van der Waals surface area contributed by atoms with Gasteiger partial charge in [0.05, 0.1) is 22.8 Å². The molecule has 218 valence electrons. The minimum atomic E-state index is -4.83. The van der Waals surface area contributed by atoms with Crippen LogP contribution < -0.4 is 5.32 Å². The van der Waals surface area contributed by atoms with Crippen LogP contribution in [0.25, 0.3) is 0 Å². The predicted octanol–water partition coefficient (Wildman–Crippen LogP) is 3.42. The Morgan fingerprint density at radius 2 is 1.62 bits per heavy atom. The number of halogens is 6. The molecule has 2 amide bonds. The zero-order valence-electron chi connectivity index (χ0n) is 20.8. The third kappa shape index (κ3) is 7.04. The Morgan fingerprint density at radius 3 is 2.23 bits per heavy atom. The van der Waals surface area contributed by atoms with Crippen LogP contribution in [0.2, 0.25) is 0 Å². The first-order chi connectivity index (χ1) is 18.1. The van der Waals surface area contributed by atoms with Gasteiger partial charge in [-0.05, 0) is 56.2 Å². The van der Waals surface area contributed by atoms with Gasteiger partial charge in [-0.1, -0.05) is 12.1 Å². The van der Waals surface area contributed by atoms with E-state index in [9.17, 15) is 44.3 Å². The molecule has 0 aromatic heterocycles. The Morgan fingerprint density at radius 1 is 0.974 bits per heavy atom. The van der Waals surface area contributed by atoms with E-state index in [1.165, 1.54) is 17.0 Å². The van der Waals surface area contributed by atoms with E-state index in [-0.39, 0.29) is 38.4 Å². The molecule has 0 unspecified atom stereocenters. The summed E-state index contributed by atoms with van der Waals surface area (Å²) in [5.41, 5.74) is -0.348. The summed E-state index contributed by atoms with van der Waals surface area (Å²) >= 11 is 0. The minimum Gasteiger partial charge on any atom is -0.350 e. The maximum absolute atomic E-state index is 13.3. The number of amides is 2. The Kier molecular flexibility index (Phi) is 8.53. The molecule has 1 N–H and O–H groups in total. The molecule has 39 heavy (non-hydrogen) atoms. The van der Waals surface area contributed by atoms with Crippen molar-refractivity contribution < 1.29 is 49.1 Å². The van der Waals surface area contributed by atoms with Gasteiger partial charge in [0.1, 0.15) is 6.04 Å². The van der Waals surface area contributed by atoms with Gasteiger partial charge in [0.2, 0.25) is 21.8 Å². The molecule has 2 heterocycles. The van der Waals surface area contributed by atoms with Gasteiger partial charge < -0.3 is 10.2 Å². The quantitative estimate of drug-likeness (QED) is 0.495. The fraction of sp³-hybridized carbons (Fsp3) is 0.667. The van der Waals surface area contributed by atoms with E-state index in [1.54, 1.807) is 0 Å². The van der Waals surface area contributed by atoms with Crippen LogP contribution >= 0.6 is 0 Å². The summed E-state index contributed by atoms with van der Waals surface area (Å²) in [6, 6.07) is 3.58. The third-order valence-electron chi connectivity index (χ3n) is 7.45. The molecule has 1 saturated carbocycles. The topological polar surface area (TPSA) is 96.0 Å². The zero-order valence-corrected chi connectivity index (χ0v) is 21.6. The highest BCUT2D eigenvalue weighted by Crippen LogP contribution is 2.37. The fourth-order valence-electron chi connectivity index (χ4n) is 5.29. The second-order valence-electron chi connectivity index (χ2n) is 10.1. The number of sulfonamides is 1. The third-order valence-corrected chi connectivity index (χ3v) is 9.73. The number of hydrogen-bond donors (Lipinski definition) is 1.